The van der Waals surface area contributed by atoms with Crippen molar-refractivity contribution in [3.8, 4) is 0 Å². The summed E-state index contributed by atoms with van der Waals surface area (Å²) in [7, 11) is 0. The third-order valence-electron chi connectivity index (χ3n) is 0.443. The van der Waals surface area contributed by atoms with E-state index in [-0.39, 0.29) is 13.2 Å². The highest BCUT2D eigenvalue weighted by molar-refractivity contribution is 6.61. The lowest BCUT2D eigenvalue weighted by atomic mass is 10.8. The molecule has 0 heterocycles. The Kier molecular flexibility index (Phi) is 4.81. The maximum absolute atomic E-state index is 9.79. The number of carbonyl (C=O) groups is 1. The first-order chi connectivity index (χ1) is 4.27. The molecule has 0 atom stereocenters. The predicted molar refractivity (Wildman–Crippen MR) is 28.9 cm³/mol. The van der Waals surface area contributed by atoms with Gasteiger partial charge in [-0.3, -0.25) is 0 Å². The van der Waals surface area contributed by atoms with Crippen LogP contribution in [0.5, 0.6) is 0 Å². The van der Waals surface area contributed by atoms with E-state index >= 15 is 0 Å². The van der Waals surface area contributed by atoms with Crippen LogP contribution < -0.4 is 0 Å². The van der Waals surface area contributed by atoms with Crippen LogP contribution in [0.3, 0.4) is 0 Å². The zero-order chi connectivity index (χ0) is 7.11. The van der Waals surface area contributed by atoms with Crippen LogP contribution in [0.4, 0.5) is 4.79 Å². The standard InChI is InChI=1S/C3H4ClNO4/c4-3(6)8-1-2-9-5-7/h1-2H2. The number of halogens is 1. The van der Waals surface area contributed by atoms with Gasteiger partial charge < -0.3 is 9.57 Å². The fourth-order valence-corrected chi connectivity index (χ4v) is 0.274. The average molecular weight is 154 g/mol. The van der Waals surface area contributed by atoms with Crippen LogP contribution in [0, 0.1) is 4.91 Å². The molecule has 0 amide bonds. The van der Waals surface area contributed by atoms with Crippen LogP contribution in [-0.4, -0.2) is 18.6 Å². The zero-order valence-corrected chi connectivity index (χ0v) is 5.13. The average Bonchev–Trinajstić information content (AvgIpc) is 1.80. The second kappa shape index (κ2) is 5.30. The third-order valence-corrected chi connectivity index (χ3v) is 0.552. The molecule has 0 aromatic rings. The van der Waals surface area contributed by atoms with Crippen LogP contribution in [0.2, 0.25) is 0 Å². The van der Waals surface area contributed by atoms with E-state index in [0.29, 0.717) is 0 Å². The first-order valence-electron chi connectivity index (χ1n) is 2.04. The van der Waals surface area contributed by atoms with Gasteiger partial charge in [0.25, 0.3) is 0 Å². The van der Waals surface area contributed by atoms with Gasteiger partial charge in [0.2, 0.25) is 0 Å². The molecule has 0 aromatic heterocycles. The minimum Gasteiger partial charge on any atom is -0.450 e. The minimum absolute atomic E-state index is 0.0614. The smallest absolute Gasteiger partial charge is 0.403 e. The molecule has 0 radical (unpaired) electrons. The Bertz CT molecular complexity index is 106. The fraction of sp³-hybridized carbons (Fsp3) is 0.667. The number of nitrogens with zero attached hydrogens (tertiary/aromatic N) is 1. The highest BCUT2D eigenvalue weighted by atomic mass is 35.5. The van der Waals surface area contributed by atoms with Gasteiger partial charge in [-0.05, 0) is 0 Å². The summed E-state index contributed by atoms with van der Waals surface area (Å²) in [4.78, 5) is 22.9. The van der Waals surface area contributed by atoms with Crippen molar-refractivity contribution in [3.63, 3.8) is 0 Å². The summed E-state index contributed by atoms with van der Waals surface area (Å²) in [5, 5.41) is 2.05. The molecule has 0 aliphatic carbocycles. The van der Waals surface area contributed by atoms with Crippen molar-refractivity contribution in [2.45, 2.75) is 0 Å². The van der Waals surface area contributed by atoms with Gasteiger partial charge >= 0.3 is 5.43 Å². The number of carbonyl (C=O) groups excluding carboxylic acids is 1. The molecule has 0 saturated carbocycles. The molecule has 0 unspecified atom stereocenters. The molecule has 0 N–H and O–H groups in total. The summed E-state index contributed by atoms with van der Waals surface area (Å²) in [6, 6.07) is 0. The summed E-state index contributed by atoms with van der Waals surface area (Å²) in [5.74, 6) is 0. The first kappa shape index (κ1) is 8.16. The molecule has 52 valence electrons. The number of rotatable bonds is 4. The molecule has 5 nitrogen and oxygen atoms in total. The van der Waals surface area contributed by atoms with E-state index < -0.39 is 5.43 Å². The van der Waals surface area contributed by atoms with Crippen molar-refractivity contribution in [2.24, 2.45) is 5.34 Å². The van der Waals surface area contributed by atoms with Crippen LogP contribution in [0.25, 0.3) is 0 Å². The fourth-order valence-electron chi connectivity index (χ4n) is 0.196. The SMILES string of the molecule is O=NOCCOC(=O)Cl. The quantitative estimate of drug-likeness (QED) is 0.262. The predicted octanol–water partition coefficient (Wildman–Crippen LogP) is 1.06. The Morgan fingerprint density at radius 3 is 2.67 bits per heavy atom. The second-order valence-corrected chi connectivity index (χ2v) is 1.30. The third kappa shape index (κ3) is 7.16. The van der Waals surface area contributed by atoms with Gasteiger partial charge in [0.05, 0.1) is 0 Å². The van der Waals surface area contributed by atoms with Gasteiger partial charge in [0, 0.05) is 11.6 Å². The molecule has 0 aliphatic heterocycles. The van der Waals surface area contributed by atoms with Crippen LogP contribution in [0.1, 0.15) is 0 Å². The molecule has 0 aromatic carbocycles. The Labute approximate surface area is 55.8 Å². The topological polar surface area (TPSA) is 65.0 Å². The largest absolute Gasteiger partial charge is 0.450 e. The molecule has 0 rings (SSSR count). The normalized spacial score (nSPS) is 8.11. The van der Waals surface area contributed by atoms with E-state index in [4.69, 9.17) is 11.6 Å². The lowest BCUT2D eigenvalue weighted by Crippen LogP contribution is -2.01. The van der Waals surface area contributed by atoms with Gasteiger partial charge in [-0.15, -0.1) is 4.91 Å². The Morgan fingerprint density at radius 2 is 2.22 bits per heavy atom. The van der Waals surface area contributed by atoms with E-state index in [9.17, 15) is 9.70 Å². The highest BCUT2D eigenvalue weighted by Crippen LogP contribution is 1.86. The number of hydrogen-bond acceptors (Lipinski definition) is 5. The molecule has 9 heavy (non-hydrogen) atoms. The lowest BCUT2D eigenvalue weighted by molar-refractivity contribution is 0.0843. The molecule has 0 fully saturated rings. The molecular formula is C3H4ClNO4. The molecule has 6 heteroatoms. The van der Waals surface area contributed by atoms with Gasteiger partial charge in [0.1, 0.15) is 6.61 Å². The monoisotopic (exact) mass is 153 g/mol. The first-order valence-corrected chi connectivity index (χ1v) is 2.42. The Hall–Kier alpha value is -0.840. The van der Waals surface area contributed by atoms with Crippen LogP contribution >= 0.6 is 11.6 Å². The van der Waals surface area contributed by atoms with E-state index in [0.717, 1.165) is 0 Å². The van der Waals surface area contributed by atoms with Crippen molar-refractivity contribution in [2.75, 3.05) is 13.2 Å². The Balaban J connectivity index is 2.91. The van der Waals surface area contributed by atoms with Crippen molar-refractivity contribution < 1.29 is 14.4 Å². The van der Waals surface area contributed by atoms with Crippen LogP contribution in [0.15, 0.2) is 5.34 Å². The molecule has 0 saturated heterocycles. The van der Waals surface area contributed by atoms with Crippen molar-refractivity contribution in [1.82, 2.24) is 0 Å². The van der Waals surface area contributed by atoms with Crippen molar-refractivity contribution in [3.05, 3.63) is 4.91 Å². The van der Waals surface area contributed by atoms with E-state index in [1.165, 1.54) is 0 Å². The Morgan fingerprint density at radius 1 is 1.56 bits per heavy atom. The maximum atomic E-state index is 9.79. The van der Waals surface area contributed by atoms with E-state index in [1.54, 1.807) is 0 Å². The van der Waals surface area contributed by atoms with E-state index in [2.05, 4.69) is 9.57 Å². The summed E-state index contributed by atoms with van der Waals surface area (Å²) < 4.78 is 4.15. The van der Waals surface area contributed by atoms with Gasteiger partial charge in [0.15, 0.2) is 11.9 Å². The van der Waals surface area contributed by atoms with Gasteiger partial charge in [-0.25, -0.2) is 4.79 Å². The number of ether oxygens (including phenoxy) is 1. The zero-order valence-electron chi connectivity index (χ0n) is 4.37. The summed E-state index contributed by atoms with van der Waals surface area (Å²) in [5.41, 5.74) is -0.926. The van der Waals surface area contributed by atoms with Gasteiger partial charge in [-0.1, -0.05) is 0 Å². The number of hydrogen-bond donors (Lipinski definition) is 0. The molecule has 0 aliphatic rings. The molecule has 0 bridgehead atoms. The van der Waals surface area contributed by atoms with E-state index in [1.807, 2.05) is 5.34 Å². The summed E-state index contributed by atoms with van der Waals surface area (Å²) >= 11 is 4.73. The van der Waals surface area contributed by atoms with Gasteiger partial charge in [-0.2, -0.15) is 0 Å². The summed E-state index contributed by atoms with van der Waals surface area (Å²) in [6.07, 6.45) is 0. The van der Waals surface area contributed by atoms with Crippen LogP contribution in [-0.2, 0) is 9.57 Å². The molecule has 0 spiro atoms. The van der Waals surface area contributed by atoms with Crippen molar-refractivity contribution >= 4 is 17.0 Å². The summed E-state index contributed by atoms with van der Waals surface area (Å²) in [6.45, 7) is -0.129. The van der Waals surface area contributed by atoms with Crippen molar-refractivity contribution in [1.29, 1.82) is 0 Å². The second-order valence-electron chi connectivity index (χ2n) is 0.994. The lowest BCUT2D eigenvalue weighted by Gasteiger charge is -1.94. The highest BCUT2D eigenvalue weighted by Gasteiger charge is 1.93. The molecular weight excluding hydrogens is 149 g/mol. The maximum Gasteiger partial charge on any atom is 0.403 e. The minimum atomic E-state index is -0.926.